The van der Waals surface area contributed by atoms with Crippen molar-refractivity contribution in [3.63, 3.8) is 0 Å². The third-order valence-corrected chi connectivity index (χ3v) is 6.47. The first-order valence-corrected chi connectivity index (χ1v) is 11.5. The number of carboxylic acid groups (broad SMARTS) is 1. The van der Waals surface area contributed by atoms with Crippen molar-refractivity contribution in [1.82, 2.24) is 4.90 Å². The minimum atomic E-state index is -1.09. The van der Waals surface area contributed by atoms with Crippen LogP contribution in [0.4, 0.5) is 0 Å². The second-order valence-electron chi connectivity index (χ2n) is 7.41. The number of thiocarbonyl (C=S) groups is 1. The van der Waals surface area contributed by atoms with Gasteiger partial charge in [-0.1, -0.05) is 103 Å². The molecule has 0 aliphatic carbocycles. The standard InChI is InChI=1S/C26H21NO4S2/c28-24-23(16-20-13-7-8-14-22(20)31-17-19-11-5-2-6-12-19)33-26(32)27(24)21(25(29)30)15-18-9-3-1-4-10-18/h1-14,16,21H,15,17H2,(H,29,30)/b23-16-/t21-/m0/s1. The highest BCUT2D eigenvalue weighted by molar-refractivity contribution is 8.26. The van der Waals surface area contributed by atoms with Crippen LogP contribution in [0.15, 0.2) is 89.8 Å². The summed E-state index contributed by atoms with van der Waals surface area (Å²) >= 11 is 6.51. The smallest absolute Gasteiger partial charge is 0.327 e. The molecule has 7 heteroatoms. The largest absolute Gasteiger partial charge is 0.488 e. The molecule has 1 aliphatic rings. The number of para-hydroxylation sites is 1. The average molecular weight is 476 g/mol. The number of nitrogens with zero attached hydrogens (tertiary/aromatic N) is 1. The predicted octanol–water partition coefficient (Wildman–Crippen LogP) is 5.16. The van der Waals surface area contributed by atoms with Crippen LogP contribution in [0.25, 0.3) is 6.08 Å². The summed E-state index contributed by atoms with van der Waals surface area (Å²) in [5, 5.41) is 9.83. The molecule has 1 fully saturated rings. The van der Waals surface area contributed by atoms with E-state index in [2.05, 4.69) is 0 Å². The second-order valence-corrected chi connectivity index (χ2v) is 9.08. The normalized spacial score (nSPS) is 15.6. The van der Waals surface area contributed by atoms with Crippen LogP contribution < -0.4 is 4.74 Å². The topological polar surface area (TPSA) is 66.8 Å². The molecule has 4 rings (SSSR count). The van der Waals surface area contributed by atoms with Crippen molar-refractivity contribution in [2.45, 2.75) is 19.1 Å². The van der Waals surface area contributed by atoms with E-state index < -0.39 is 17.9 Å². The first-order chi connectivity index (χ1) is 16.0. The van der Waals surface area contributed by atoms with Crippen LogP contribution in [0.5, 0.6) is 5.75 Å². The minimum Gasteiger partial charge on any atom is -0.488 e. The Morgan fingerprint density at radius 2 is 1.58 bits per heavy atom. The van der Waals surface area contributed by atoms with Gasteiger partial charge in [0.25, 0.3) is 5.91 Å². The Balaban J connectivity index is 1.56. The maximum absolute atomic E-state index is 13.2. The van der Waals surface area contributed by atoms with Gasteiger partial charge in [-0.25, -0.2) is 4.79 Å². The zero-order valence-corrected chi connectivity index (χ0v) is 19.2. The highest BCUT2D eigenvalue weighted by Gasteiger charge is 2.40. The van der Waals surface area contributed by atoms with E-state index in [0.29, 0.717) is 17.3 Å². The van der Waals surface area contributed by atoms with Gasteiger partial charge in [0.05, 0.1) is 4.91 Å². The fourth-order valence-corrected chi connectivity index (χ4v) is 4.83. The molecule has 1 saturated heterocycles. The summed E-state index contributed by atoms with van der Waals surface area (Å²) in [6.07, 6.45) is 1.88. The van der Waals surface area contributed by atoms with Crippen LogP contribution in [0.1, 0.15) is 16.7 Å². The van der Waals surface area contributed by atoms with Crippen LogP contribution in [-0.4, -0.2) is 32.2 Å². The lowest BCUT2D eigenvalue weighted by molar-refractivity contribution is -0.145. The van der Waals surface area contributed by atoms with Crippen LogP contribution in [-0.2, 0) is 22.6 Å². The molecular weight excluding hydrogens is 454 g/mol. The maximum Gasteiger partial charge on any atom is 0.327 e. The summed E-state index contributed by atoms with van der Waals surface area (Å²) in [6.45, 7) is 0.394. The van der Waals surface area contributed by atoms with E-state index >= 15 is 0 Å². The summed E-state index contributed by atoms with van der Waals surface area (Å²) < 4.78 is 6.21. The Morgan fingerprint density at radius 3 is 2.24 bits per heavy atom. The van der Waals surface area contributed by atoms with E-state index in [1.807, 2.05) is 84.9 Å². The summed E-state index contributed by atoms with van der Waals surface area (Å²) in [5.74, 6) is -0.875. The Kier molecular flexibility index (Phi) is 7.22. The van der Waals surface area contributed by atoms with E-state index in [0.717, 1.165) is 28.5 Å². The molecule has 166 valence electrons. The van der Waals surface area contributed by atoms with Crippen LogP contribution in [0.2, 0.25) is 0 Å². The molecule has 0 saturated carbocycles. The van der Waals surface area contributed by atoms with Crippen molar-refractivity contribution in [2.24, 2.45) is 0 Å². The van der Waals surface area contributed by atoms with Gasteiger partial charge in [-0.15, -0.1) is 0 Å². The maximum atomic E-state index is 13.2. The van der Waals surface area contributed by atoms with Crippen LogP contribution in [0, 0.1) is 0 Å². The van der Waals surface area contributed by atoms with Crippen molar-refractivity contribution in [1.29, 1.82) is 0 Å². The molecule has 1 N–H and O–H groups in total. The van der Waals surface area contributed by atoms with Gasteiger partial charge >= 0.3 is 5.97 Å². The quantitative estimate of drug-likeness (QED) is 0.358. The third kappa shape index (κ3) is 5.50. The van der Waals surface area contributed by atoms with E-state index in [9.17, 15) is 14.7 Å². The molecule has 0 spiro atoms. The molecule has 0 aromatic heterocycles. The number of aliphatic carboxylic acids is 1. The number of ether oxygens (including phenoxy) is 1. The number of carbonyl (C=O) groups excluding carboxylic acids is 1. The molecule has 3 aromatic carbocycles. The first-order valence-electron chi connectivity index (χ1n) is 10.3. The van der Waals surface area contributed by atoms with Gasteiger partial charge in [0.1, 0.15) is 22.7 Å². The molecule has 0 unspecified atom stereocenters. The van der Waals surface area contributed by atoms with Gasteiger partial charge in [-0.05, 0) is 23.3 Å². The Morgan fingerprint density at radius 1 is 0.970 bits per heavy atom. The van der Waals surface area contributed by atoms with Crippen molar-refractivity contribution < 1.29 is 19.4 Å². The Labute approximate surface area is 201 Å². The summed E-state index contributed by atoms with van der Waals surface area (Å²) in [4.78, 5) is 26.8. The first kappa shape index (κ1) is 22.8. The van der Waals surface area contributed by atoms with Gasteiger partial charge in [-0.3, -0.25) is 9.69 Å². The van der Waals surface area contributed by atoms with E-state index in [1.165, 1.54) is 4.90 Å². The summed E-state index contributed by atoms with van der Waals surface area (Å²) in [5.41, 5.74) is 2.58. The van der Waals surface area contributed by atoms with Crippen molar-refractivity contribution in [3.8, 4) is 5.75 Å². The molecule has 3 aromatic rings. The van der Waals surface area contributed by atoms with Crippen LogP contribution >= 0.6 is 24.0 Å². The molecule has 1 amide bonds. The number of hydrogen-bond acceptors (Lipinski definition) is 5. The van der Waals surface area contributed by atoms with Gasteiger partial charge in [-0.2, -0.15) is 0 Å². The number of carboxylic acids is 1. The number of amides is 1. The summed E-state index contributed by atoms with van der Waals surface area (Å²) in [7, 11) is 0. The number of benzene rings is 3. The zero-order chi connectivity index (χ0) is 23.2. The molecule has 1 aliphatic heterocycles. The highest BCUT2D eigenvalue weighted by atomic mass is 32.2. The number of rotatable bonds is 8. The Hall–Kier alpha value is -3.42. The number of carbonyl (C=O) groups is 2. The molecule has 33 heavy (non-hydrogen) atoms. The van der Waals surface area contributed by atoms with Crippen molar-refractivity contribution >= 4 is 46.3 Å². The summed E-state index contributed by atoms with van der Waals surface area (Å²) in [6, 6.07) is 25.4. The monoisotopic (exact) mass is 475 g/mol. The average Bonchev–Trinajstić information content (AvgIpc) is 3.10. The molecule has 1 atom stereocenters. The minimum absolute atomic E-state index is 0.173. The Bertz CT molecular complexity index is 1200. The molecule has 5 nitrogen and oxygen atoms in total. The molecule has 1 heterocycles. The van der Waals surface area contributed by atoms with Gasteiger partial charge in [0, 0.05) is 12.0 Å². The molecule has 0 bridgehead atoms. The van der Waals surface area contributed by atoms with Crippen LogP contribution in [0.3, 0.4) is 0 Å². The third-order valence-electron chi connectivity index (χ3n) is 5.13. The van der Waals surface area contributed by atoms with E-state index in [4.69, 9.17) is 17.0 Å². The lowest BCUT2D eigenvalue weighted by Gasteiger charge is -2.23. The fraction of sp³-hybridized carbons (Fsp3) is 0.115. The lowest BCUT2D eigenvalue weighted by Crippen LogP contribution is -2.45. The fourth-order valence-electron chi connectivity index (χ4n) is 3.48. The van der Waals surface area contributed by atoms with E-state index in [-0.39, 0.29) is 10.7 Å². The van der Waals surface area contributed by atoms with Gasteiger partial charge < -0.3 is 9.84 Å². The predicted molar refractivity (Wildman–Crippen MR) is 134 cm³/mol. The highest BCUT2D eigenvalue weighted by Crippen LogP contribution is 2.36. The molecule has 0 radical (unpaired) electrons. The second kappa shape index (κ2) is 10.5. The molecular formula is C26H21NO4S2. The van der Waals surface area contributed by atoms with Gasteiger partial charge in [0.2, 0.25) is 0 Å². The number of thioether (sulfide) groups is 1. The SMILES string of the molecule is O=C(O)[C@H](Cc1ccccc1)N1C(=O)/C(=C/c2ccccc2OCc2ccccc2)SC1=S. The zero-order valence-electron chi connectivity index (χ0n) is 17.6. The van der Waals surface area contributed by atoms with Crippen molar-refractivity contribution in [3.05, 3.63) is 107 Å². The van der Waals surface area contributed by atoms with Crippen molar-refractivity contribution in [2.75, 3.05) is 0 Å². The van der Waals surface area contributed by atoms with E-state index in [1.54, 1.807) is 6.08 Å². The lowest BCUT2D eigenvalue weighted by atomic mass is 10.0. The number of hydrogen-bond donors (Lipinski definition) is 1. The van der Waals surface area contributed by atoms with Gasteiger partial charge in [0.15, 0.2) is 0 Å².